The molecule has 0 aromatic heterocycles. The van der Waals surface area contributed by atoms with Gasteiger partial charge in [-0.2, -0.15) is 11.8 Å². The van der Waals surface area contributed by atoms with Crippen molar-refractivity contribution in [3.05, 3.63) is 0 Å². The van der Waals surface area contributed by atoms with E-state index in [0.717, 1.165) is 38.3 Å². The van der Waals surface area contributed by atoms with E-state index in [9.17, 15) is 4.79 Å². The Balaban J connectivity index is 3.69. The van der Waals surface area contributed by atoms with Gasteiger partial charge in [-0.15, -0.1) is 0 Å². The van der Waals surface area contributed by atoms with Crippen LogP contribution in [0.1, 0.15) is 39.5 Å². The SMILES string of the molecule is CN=C(NCCCCCC(=O)OC)NCC(C)(C)SC. The Labute approximate surface area is 127 Å². The van der Waals surface area contributed by atoms with Gasteiger partial charge in [0.15, 0.2) is 5.96 Å². The molecule has 0 amide bonds. The maximum Gasteiger partial charge on any atom is 0.305 e. The fraction of sp³-hybridized carbons (Fsp3) is 0.857. The number of nitrogens with one attached hydrogen (secondary N) is 2. The molecule has 2 N–H and O–H groups in total. The second-order valence-electron chi connectivity index (χ2n) is 5.20. The number of aliphatic imine (C=N–C) groups is 1. The minimum atomic E-state index is -0.130. The summed E-state index contributed by atoms with van der Waals surface area (Å²) in [5, 5.41) is 6.60. The Morgan fingerprint density at radius 2 is 1.95 bits per heavy atom. The average Bonchev–Trinajstić information content (AvgIpc) is 2.45. The van der Waals surface area contributed by atoms with Crippen molar-refractivity contribution in [3.63, 3.8) is 0 Å². The molecule has 0 saturated heterocycles. The highest BCUT2D eigenvalue weighted by Crippen LogP contribution is 2.19. The highest BCUT2D eigenvalue weighted by atomic mass is 32.2. The summed E-state index contributed by atoms with van der Waals surface area (Å²) in [6, 6.07) is 0. The molecule has 20 heavy (non-hydrogen) atoms. The normalized spacial score (nSPS) is 12.2. The van der Waals surface area contributed by atoms with Crippen molar-refractivity contribution in [2.24, 2.45) is 4.99 Å². The summed E-state index contributed by atoms with van der Waals surface area (Å²) in [7, 11) is 3.20. The van der Waals surface area contributed by atoms with Gasteiger partial charge in [0, 0.05) is 31.3 Å². The molecular formula is C14H29N3O2S. The van der Waals surface area contributed by atoms with Crippen molar-refractivity contribution in [2.75, 3.05) is 33.5 Å². The van der Waals surface area contributed by atoms with Gasteiger partial charge in [-0.3, -0.25) is 9.79 Å². The maximum atomic E-state index is 10.9. The lowest BCUT2D eigenvalue weighted by atomic mass is 10.2. The first-order valence-electron chi connectivity index (χ1n) is 7.01. The van der Waals surface area contributed by atoms with Gasteiger partial charge in [-0.1, -0.05) is 6.42 Å². The van der Waals surface area contributed by atoms with Gasteiger partial charge in [0.2, 0.25) is 0 Å². The molecule has 118 valence electrons. The third kappa shape index (κ3) is 9.95. The van der Waals surface area contributed by atoms with Crippen molar-refractivity contribution in [3.8, 4) is 0 Å². The molecule has 0 unspecified atom stereocenters. The van der Waals surface area contributed by atoms with Crippen LogP contribution in [-0.2, 0) is 9.53 Å². The van der Waals surface area contributed by atoms with Crippen molar-refractivity contribution in [1.29, 1.82) is 0 Å². The third-order valence-corrected chi connectivity index (χ3v) is 4.29. The van der Waals surface area contributed by atoms with Crippen LogP contribution in [0, 0.1) is 0 Å². The summed E-state index contributed by atoms with van der Waals surface area (Å²) < 4.78 is 4.79. The second kappa shape index (κ2) is 10.8. The predicted molar refractivity (Wildman–Crippen MR) is 87.4 cm³/mol. The van der Waals surface area contributed by atoms with E-state index in [1.807, 2.05) is 11.8 Å². The van der Waals surface area contributed by atoms with Gasteiger partial charge in [0.25, 0.3) is 0 Å². The van der Waals surface area contributed by atoms with E-state index >= 15 is 0 Å². The minimum Gasteiger partial charge on any atom is -0.469 e. The standard InChI is InChI=1S/C14H29N3O2S/c1-14(2,20-5)11-17-13(15-3)16-10-8-6-7-9-12(18)19-4/h6-11H2,1-5H3,(H2,15,16,17). The summed E-state index contributed by atoms with van der Waals surface area (Å²) >= 11 is 1.83. The molecule has 0 saturated carbocycles. The van der Waals surface area contributed by atoms with E-state index in [1.165, 1.54) is 7.11 Å². The Morgan fingerprint density at radius 1 is 1.25 bits per heavy atom. The maximum absolute atomic E-state index is 10.9. The van der Waals surface area contributed by atoms with Crippen molar-refractivity contribution >= 4 is 23.7 Å². The Kier molecular flexibility index (Phi) is 10.3. The molecular weight excluding hydrogens is 274 g/mol. The summed E-state index contributed by atoms with van der Waals surface area (Å²) in [4.78, 5) is 15.1. The monoisotopic (exact) mass is 303 g/mol. The van der Waals surface area contributed by atoms with Crippen molar-refractivity contribution in [2.45, 2.75) is 44.3 Å². The van der Waals surface area contributed by atoms with E-state index in [2.05, 4.69) is 40.5 Å². The average molecular weight is 303 g/mol. The van der Waals surface area contributed by atoms with E-state index < -0.39 is 0 Å². The van der Waals surface area contributed by atoms with Crippen LogP contribution in [0.5, 0.6) is 0 Å². The van der Waals surface area contributed by atoms with Gasteiger partial charge >= 0.3 is 5.97 Å². The van der Waals surface area contributed by atoms with Crippen LogP contribution < -0.4 is 10.6 Å². The predicted octanol–water partition coefficient (Wildman–Crippen LogP) is 2.03. The number of methoxy groups -OCH3 is 1. The quantitative estimate of drug-likeness (QED) is 0.295. The summed E-state index contributed by atoms with van der Waals surface area (Å²) in [5.74, 6) is 0.704. The number of hydrogen-bond acceptors (Lipinski definition) is 4. The fourth-order valence-electron chi connectivity index (χ4n) is 1.47. The van der Waals surface area contributed by atoms with Crippen LogP contribution in [-0.4, -0.2) is 50.2 Å². The van der Waals surface area contributed by atoms with Crippen molar-refractivity contribution in [1.82, 2.24) is 10.6 Å². The van der Waals surface area contributed by atoms with Gasteiger partial charge in [0.05, 0.1) is 7.11 Å². The summed E-state index contributed by atoms with van der Waals surface area (Å²) in [5.41, 5.74) is 0. The number of nitrogens with zero attached hydrogens (tertiary/aromatic N) is 1. The van der Waals surface area contributed by atoms with Crippen LogP contribution in [0.15, 0.2) is 4.99 Å². The lowest BCUT2D eigenvalue weighted by Gasteiger charge is -2.23. The molecule has 0 aromatic rings. The second-order valence-corrected chi connectivity index (χ2v) is 6.72. The number of carbonyl (C=O) groups excluding carboxylic acids is 1. The number of rotatable bonds is 9. The Hall–Kier alpha value is -0.910. The molecule has 6 heteroatoms. The molecule has 0 aliphatic heterocycles. The number of esters is 1. The van der Waals surface area contributed by atoms with Gasteiger partial charge in [0.1, 0.15) is 0 Å². The third-order valence-electron chi connectivity index (χ3n) is 3.04. The number of carbonyl (C=O) groups is 1. The molecule has 0 aliphatic rings. The van der Waals surface area contributed by atoms with Crippen molar-refractivity contribution < 1.29 is 9.53 Å². The number of unbranched alkanes of at least 4 members (excludes halogenated alkanes) is 2. The van der Waals surface area contributed by atoms with E-state index in [0.29, 0.717) is 6.42 Å². The van der Waals surface area contributed by atoms with Crippen LogP contribution in [0.4, 0.5) is 0 Å². The molecule has 0 aromatic carbocycles. The smallest absolute Gasteiger partial charge is 0.305 e. The van der Waals surface area contributed by atoms with Crippen LogP contribution in [0.2, 0.25) is 0 Å². The van der Waals surface area contributed by atoms with E-state index in [4.69, 9.17) is 0 Å². The molecule has 0 fully saturated rings. The van der Waals surface area contributed by atoms with Gasteiger partial charge in [-0.25, -0.2) is 0 Å². The lowest BCUT2D eigenvalue weighted by Crippen LogP contribution is -2.43. The highest BCUT2D eigenvalue weighted by Gasteiger charge is 2.15. The molecule has 0 radical (unpaired) electrons. The molecule has 0 rings (SSSR count). The van der Waals surface area contributed by atoms with Crippen LogP contribution in [0.3, 0.4) is 0 Å². The molecule has 0 atom stereocenters. The summed E-state index contributed by atoms with van der Waals surface area (Å²) in [6.07, 6.45) is 5.52. The number of thioether (sulfide) groups is 1. The molecule has 0 spiro atoms. The zero-order chi connectivity index (χ0) is 15.4. The van der Waals surface area contributed by atoms with Gasteiger partial charge in [-0.05, 0) is 32.9 Å². The number of guanidine groups is 1. The van der Waals surface area contributed by atoms with E-state index in [1.54, 1.807) is 7.05 Å². The first-order valence-corrected chi connectivity index (χ1v) is 8.24. The lowest BCUT2D eigenvalue weighted by molar-refractivity contribution is -0.140. The van der Waals surface area contributed by atoms with Crippen LogP contribution >= 0.6 is 11.8 Å². The van der Waals surface area contributed by atoms with Crippen LogP contribution in [0.25, 0.3) is 0 Å². The number of hydrogen-bond donors (Lipinski definition) is 2. The largest absolute Gasteiger partial charge is 0.469 e. The van der Waals surface area contributed by atoms with E-state index in [-0.39, 0.29) is 10.7 Å². The first-order chi connectivity index (χ1) is 9.45. The summed E-state index contributed by atoms with van der Waals surface area (Å²) in [6.45, 7) is 6.13. The first kappa shape index (κ1) is 19.1. The molecule has 0 aliphatic carbocycles. The molecule has 5 nitrogen and oxygen atoms in total. The fourth-order valence-corrected chi connectivity index (χ4v) is 1.69. The molecule has 0 heterocycles. The Bertz CT molecular complexity index is 307. The highest BCUT2D eigenvalue weighted by molar-refractivity contribution is 7.99. The van der Waals surface area contributed by atoms with Gasteiger partial charge < -0.3 is 15.4 Å². The zero-order valence-electron chi connectivity index (χ0n) is 13.4. The molecule has 0 bridgehead atoms. The number of ether oxygens (including phenoxy) is 1. The zero-order valence-corrected chi connectivity index (χ0v) is 14.2. The topological polar surface area (TPSA) is 62.7 Å². The Morgan fingerprint density at radius 3 is 2.50 bits per heavy atom. The minimum absolute atomic E-state index is 0.130.